The molecule has 0 saturated carbocycles. The molecule has 1 saturated heterocycles. The maximum Gasteiger partial charge on any atom is 0.243 e. The van der Waals surface area contributed by atoms with Crippen molar-refractivity contribution < 1.29 is 8.42 Å². The van der Waals surface area contributed by atoms with E-state index in [1.165, 1.54) is 22.5 Å². The molecule has 28 heavy (non-hydrogen) atoms. The molecule has 0 N–H and O–H groups in total. The lowest BCUT2D eigenvalue weighted by molar-refractivity contribution is 0.384. The molecule has 144 valence electrons. The van der Waals surface area contributed by atoms with Crippen LogP contribution in [0.5, 0.6) is 0 Å². The van der Waals surface area contributed by atoms with Crippen LogP contribution >= 0.6 is 23.2 Å². The number of rotatable bonds is 3. The van der Waals surface area contributed by atoms with Gasteiger partial charge in [-0.15, -0.1) is 0 Å². The Kier molecular flexibility index (Phi) is 4.93. The Morgan fingerprint density at radius 3 is 2.46 bits per heavy atom. The summed E-state index contributed by atoms with van der Waals surface area (Å²) in [5.41, 5.74) is 1.12. The highest BCUT2D eigenvalue weighted by molar-refractivity contribution is 7.89. The van der Waals surface area contributed by atoms with Crippen molar-refractivity contribution in [2.45, 2.75) is 4.90 Å². The summed E-state index contributed by atoms with van der Waals surface area (Å²) in [7, 11) is -3.67. The van der Waals surface area contributed by atoms with Crippen LogP contribution in [0.4, 0.5) is 5.82 Å². The Balaban J connectivity index is 1.57. The molecular formula is C18H15Cl2N5O2S. The van der Waals surface area contributed by atoms with Crippen LogP contribution in [0.2, 0.25) is 10.0 Å². The fourth-order valence-corrected chi connectivity index (χ4v) is 5.05. The van der Waals surface area contributed by atoms with Gasteiger partial charge in [0.2, 0.25) is 10.0 Å². The molecule has 0 radical (unpaired) electrons. The number of imidazole rings is 1. The van der Waals surface area contributed by atoms with Gasteiger partial charge in [-0.1, -0.05) is 29.3 Å². The number of anilines is 1. The fourth-order valence-electron chi connectivity index (χ4n) is 3.23. The molecule has 0 aliphatic carbocycles. The lowest BCUT2D eigenvalue weighted by atomic mass is 10.3. The first-order chi connectivity index (χ1) is 13.4. The van der Waals surface area contributed by atoms with E-state index in [9.17, 15) is 13.7 Å². The highest BCUT2D eigenvalue weighted by Crippen LogP contribution is 2.28. The van der Waals surface area contributed by atoms with Gasteiger partial charge in [-0.3, -0.25) is 4.40 Å². The second kappa shape index (κ2) is 7.26. The van der Waals surface area contributed by atoms with Crippen LogP contribution in [-0.2, 0) is 10.0 Å². The van der Waals surface area contributed by atoms with E-state index in [4.69, 9.17) is 23.2 Å². The number of piperazine rings is 1. The SMILES string of the molecule is N#Cc1c(N2CCN(S(=O)(=O)c3ccc(Cl)c(Cl)c3)CC2)nc2ccccn12. The third-order valence-corrected chi connectivity index (χ3v) is 7.32. The number of hydrogen-bond acceptors (Lipinski definition) is 5. The topological polar surface area (TPSA) is 81.7 Å². The van der Waals surface area contributed by atoms with E-state index in [1.807, 2.05) is 23.1 Å². The average Bonchev–Trinajstić information content (AvgIpc) is 3.08. The Morgan fingerprint density at radius 1 is 1.04 bits per heavy atom. The van der Waals surface area contributed by atoms with Crippen molar-refractivity contribution in [2.24, 2.45) is 0 Å². The van der Waals surface area contributed by atoms with E-state index in [-0.39, 0.29) is 23.0 Å². The zero-order chi connectivity index (χ0) is 19.9. The minimum absolute atomic E-state index is 0.112. The molecule has 10 heteroatoms. The smallest absolute Gasteiger partial charge is 0.243 e. The van der Waals surface area contributed by atoms with E-state index in [2.05, 4.69) is 11.1 Å². The zero-order valence-electron chi connectivity index (χ0n) is 14.6. The molecule has 1 aliphatic rings. The van der Waals surface area contributed by atoms with Crippen LogP contribution in [0.3, 0.4) is 0 Å². The Morgan fingerprint density at radius 2 is 1.79 bits per heavy atom. The first-order valence-corrected chi connectivity index (χ1v) is 10.7. The first kappa shape index (κ1) is 19.0. The van der Waals surface area contributed by atoms with Crippen molar-refractivity contribution in [3.05, 3.63) is 58.3 Å². The van der Waals surface area contributed by atoms with Crippen LogP contribution in [0.1, 0.15) is 5.69 Å². The molecule has 3 heterocycles. The highest BCUT2D eigenvalue weighted by atomic mass is 35.5. The molecule has 1 aliphatic heterocycles. The van der Waals surface area contributed by atoms with Crippen LogP contribution in [0, 0.1) is 11.3 Å². The molecule has 3 aromatic rings. The second-order valence-electron chi connectivity index (χ2n) is 6.29. The fraction of sp³-hybridized carbons (Fsp3) is 0.222. The van der Waals surface area contributed by atoms with Gasteiger partial charge in [0.25, 0.3) is 0 Å². The normalized spacial score (nSPS) is 15.7. The number of sulfonamides is 1. The number of hydrogen-bond donors (Lipinski definition) is 0. The standard InChI is InChI=1S/C18H15Cl2N5O2S/c19-14-5-4-13(11-15(14)20)28(26,27)24-9-7-23(8-10-24)18-16(12-21)25-6-2-1-3-17(25)22-18/h1-6,11H,7-10H2. The van der Waals surface area contributed by atoms with Crippen molar-refractivity contribution in [3.8, 4) is 6.07 Å². The monoisotopic (exact) mass is 435 g/mol. The highest BCUT2D eigenvalue weighted by Gasteiger charge is 2.30. The molecule has 0 bridgehead atoms. The van der Waals surface area contributed by atoms with E-state index >= 15 is 0 Å². The van der Waals surface area contributed by atoms with E-state index < -0.39 is 10.0 Å². The van der Waals surface area contributed by atoms with Gasteiger partial charge in [0.1, 0.15) is 11.7 Å². The molecule has 0 spiro atoms. The van der Waals surface area contributed by atoms with Crippen molar-refractivity contribution in [1.29, 1.82) is 5.26 Å². The summed E-state index contributed by atoms with van der Waals surface area (Å²) in [5, 5.41) is 10.1. The van der Waals surface area contributed by atoms with Crippen LogP contribution in [-0.4, -0.2) is 48.3 Å². The van der Waals surface area contributed by atoms with Crippen LogP contribution in [0.25, 0.3) is 5.65 Å². The predicted octanol–water partition coefficient (Wildman–Crippen LogP) is 3.02. The summed E-state index contributed by atoms with van der Waals surface area (Å²) in [6.07, 6.45) is 1.79. The Hall–Kier alpha value is -2.31. The molecule has 0 atom stereocenters. The van der Waals surface area contributed by atoms with Gasteiger partial charge in [0, 0.05) is 32.4 Å². The molecular weight excluding hydrogens is 421 g/mol. The third-order valence-electron chi connectivity index (χ3n) is 4.68. The molecule has 4 rings (SSSR count). The summed E-state index contributed by atoms with van der Waals surface area (Å²) in [6.45, 7) is 1.42. The average molecular weight is 436 g/mol. The largest absolute Gasteiger partial charge is 0.352 e. The molecule has 0 amide bonds. The number of nitrogens with zero attached hydrogens (tertiary/aromatic N) is 5. The Labute approximate surface area is 172 Å². The number of fused-ring (bicyclic) bond motifs is 1. The van der Waals surface area contributed by atoms with Crippen LogP contribution in [0.15, 0.2) is 47.5 Å². The number of halogens is 2. The van der Waals surface area contributed by atoms with Crippen molar-refractivity contribution in [1.82, 2.24) is 13.7 Å². The maximum atomic E-state index is 12.9. The van der Waals surface area contributed by atoms with Gasteiger partial charge in [-0.2, -0.15) is 9.57 Å². The van der Waals surface area contributed by atoms with Gasteiger partial charge >= 0.3 is 0 Å². The van der Waals surface area contributed by atoms with Crippen molar-refractivity contribution >= 4 is 44.7 Å². The van der Waals surface area contributed by atoms with Crippen molar-refractivity contribution in [3.63, 3.8) is 0 Å². The maximum absolute atomic E-state index is 12.9. The van der Waals surface area contributed by atoms with E-state index in [1.54, 1.807) is 10.6 Å². The summed E-state index contributed by atoms with van der Waals surface area (Å²) in [6, 6.07) is 12.0. The molecule has 0 unspecified atom stereocenters. The Bertz CT molecular complexity index is 1190. The molecule has 2 aromatic heterocycles. The lowest BCUT2D eigenvalue weighted by Gasteiger charge is -2.34. The summed E-state index contributed by atoms with van der Waals surface area (Å²) < 4.78 is 28.9. The minimum Gasteiger partial charge on any atom is -0.352 e. The number of benzene rings is 1. The summed E-state index contributed by atoms with van der Waals surface area (Å²) in [5.74, 6) is 0.570. The zero-order valence-corrected chi connectivity index (χ0v) is 16.9. The number of aromatic nitrogens is 2. The molecule has 7 nitrogen and oxygen atoms in total. The minimum atomic E-state index is -3.67. The van der Waals surface area contributed by atoms with Gasteiger partial charge in [-0.25, -0.2) is 13.4 Å². The van der Waals surface area contributed by atoms with Gasteiger partial charge in [0.15, 0.2) is 11.5 Å². The van der Waals surface area contributed by atoms with Gasteiger partial charge < -0.3 is 4.90 Å². The predicted molar refractivity (Wildman–Crippen MR) is 107 cm³/mol. The summed E-state index contributed by atoms with van der Waals surface area (Å²) >= 11 is 11.9. The van der Waals surface area contributed by atoms with E-state index in [0.717, 1.165) is 0 Å². The van der Waals surface area contributed by atoms with Gasteiger partial charge in [-0.05, 0) is 30.3 Å². The quantitative estimate of drug-likeness (QED) is 0.631. The number of pyridine rings is 1. The number of nitriles is 1. The lowest BCUT2D eigenvalue weighted by Crippen LogP contribution is -2.49. The first-order valence-electron chi connectivity index (χ1n) is 8.49. The molecule has 1 aromatic carbocycles. The third kappa shape index (κ3) is 3.20. The van der Waals surface area contributed by atoms with Crippen LogP contribution < -0.4 is 4.90 Å². The van der Waals surface area contributed by atoms with Crippen molar-refractivity contribution in [2.75, 3.05) is 31.1 Å². The summed E-state index contributed by atoms with van der Waals surface area (Å²) in [4.78, 5) is 6.59. The van der Waals surface area contributed by atoms with Gasteiger partial charge in [0.05, 0.1) is 14.9 Å². The molecule has 1 fully saturated rings. The van der Waals surface area contributed by atoms with E-state index in [0.29, 0.717) is 35.3 Å². The second-order valence-corrected chi connectivity index (χ2v) is 9.04.